The molecule has 1 saturated heterocycles. The topological polar surface area (TPSA) is 61.8 Å². The Bertz CT molecular complexity index is 363. The van der Waals surface area contributed by atoms with Crippen molar-refractivity contribution >= 4 is 17.5 Å². The van der Waals surface area contributed by atoms with Crippen molar-refractivity contribution in [3.05, 3.63) is 0 Å². The molecule has 1 unspecified atom stereocenters. The van der Waals surface area contributed by atoms with Gasteiger partial charge >= 0.3 is 0 Å². The molecule has 5 heteroatoms. The van der Waals surface area contributed by atoms with Gasteiger partial charge in [0.1, 0.15) is 5.71 Å². The van der Waals surface area contributed by atoms with Crippen LogP contribution in [0.4, 0.5) is 0 Å². The summed E-state index contributed by atoms with van der Waals surface area (Å²) >= 11 is 0. The van der Waals surface area contributed by atoms with Crippen LogP contribution in [0, 0.1) is 0 Å². The Balaban J connectivity index is 2.04. The first-order chi connectivity index (χ1) is 8.72. The highest BCUT2D eigenvalue weighted by Gasteiger charge is 2.30. The number of hydrogen-bond donors (Lipinski definition) is 1. The second-order valence-corrected chi connectivity index (χ2v) is 5.03. The van der Waals surface area contributed by atoms with Gasteiger partial charge < -0.3 is 4.90 Å². The number of likely N-dealkylation sites (tertiary alicyclic amines) is 1. The molecule has 2 aliphatic heterocycles. The Morgan fingerprint density at radius 2 is 2.28 bits per heavy atom. The van der Waals surface area contributed by atoms with Gasteiger partial charge in [0.2, 0.25) is 5.91 Å². The van der Waals surface area contributed by atoms with Crippen LogP contribution >= 0.6 is 0 Å². The SMILES string of the molecule is CCCC1CCCCN1C(=O)C1=NNC(=O)CC1. The van der Waals surface area contributed by atoms with E-state index in [9.17, 15) is 9.59 Å². The predicted octanol–water partition coefficient (Wildman–Crippen LogP) is 1.43. The fraction of sp³-hybridized carbons (Fsp3) is 0.769. The quantitative estimate of drug-likeness (QED) is 0.825. The van der Waals surface area contributed by atoms with Gasteiger partial charge in [-0.2, -0.15) is 5.10 Å². The van der Waals surface area contributed by atoms with E-state index in [1.54, 1.807) is 0 Å². The molecule has 100 valence electrons. The van der Waals surface area contributed by atoms with Crippen LogP contribution in [-0.2, 0) is 9.59 Å². The zero-order chi connectivity index (χ0) is 13.0. The van der Waals surface area contributed by atoms with Crippen LogP contribution in [0.3, 0.4) is 0 Å². The lowest BCUT2D eigenvalue weighted by molar-refractivity contribution is -0.128. The standard InChI is InChI=1S/C13H21N3O2/c1-2-5-10-6-3-4-9-16(10)13(18)11-7-8-12(17)15-14-11/h10H,2-9H2,1H3,(H,15,17). The summed E-state index contributed by atoms with van der Waals surface area (Å²) in [7, 11) is 0. The molecule has 1 atom stereocenters. The highest BCUT2D eigenvalue weighted by Crippen LogP contribution is 2.22. The van der Waals surface area contributed by atoms with Crippen LogP contribution in [0.1, 0.15) is 51.9 Å². The summed E-state index contributed by atoms with van der Waals surface area (Å²) in [5.41, 5.74) is 2.91. The highest BCUT2D eigenvalue weighted by atomic mass is 16.2. The zero-order valence-electron chi connectivity index (χ0n) is 10.9. The molecule has 0 saturated carbocycles. The smallest absolute Gasteiger partial charge is 0.270 e. The molecule has 5 nitrogen and oxygen atoms in total. The number of nitrogens with zero attached hydrogens (tertiary/aromatic N) is 2. The van der Waals surface area contributed by atoms with E-state index in [4.69, 9.17) is 0 Å². The summed E-state index contributed by atoms with van der Waals surface area (Å²) in [6, 6.07) is 0.358. The first-order valence-corrected chi connectivity index (χ1v) is 6.88. The normalized spacial score (nSPS) is 24.5. The molecule has 0 spiro atoms. The van der Waals surface area contributed by atoms with E-state index in [-0.39, 0.29) is 11.8 Å². The Morgan fingerprint density at radius 3 is 2.94 bits per heavy atom. The number of rotatable bonds is 3. The van der Waals surface area contributed by atoms with Gasteiger partial charge in [-0.15, -0.1) is 0 Å². The Labute approximate surface area is 108 Å². The second kappa shape index (κ2) is 5.98. The molecule has 2 amide bonds. The minimum absolute atomic E-state index is 0.0214. The fourth-order valence-electron chi connectivity index (χ4n) is 2.70. The minimum Gasteiger partial charge on any atom is -0.335 e. The number of carbonyl (C=O) groups excluding carboxylic acids is 2. The lowest BCUT2D eigenvalue weighted by Gasteiger charge is -2.36. The van der Waals surface area contributed by atoms with Gasteiger partial charge in [0.25, 0.3) is 5.91 Å². The zero-order valence-corrected chi connectivity index (χ0v) is 10.9. The van der Waals surface area contributed by atoms with Gasteiger partial charge in [0, 0.05) is 25.4 Å². The maximum atomic E-state index is 12.4. The molecule has 0 aliphatic carbocycles. The molecule has 1 fully saturated rings. The van der Waals surface area contributed by atoms with Gasteiger partial charge in [0.15, 0.2) is 0 Å². The van der Waals surface area contributed by atoms with E-state index >= 15 is 0 Å². The number of hydrazone groups is 1. The summed E-state index contributed by atoms with van der Waals surface area (Å²) in [4.78, 5) is 25.4. The van der Waals surface area contributed by atoms with Gasteiger partial charge in [-0.3, -0.25) is 9.59 Å². The van der Waals surface area contributed by atoms with Gasteiger partial charge in [-0.05, 0) is 25.7 Å². The fourth-order valence-corrected chi connectivity index (χ4v) is 2.70. The van der Waals surface area contributed by atoms with Crippen molar-refractivity contribution < 1.29 is 9.59 Å². The van der Waals surface area contributed by atoms with E-state index in [0.29, 0.717) is 24.6 Å². The maximum absolute atomic E-state index is 12.4. The summed E-state index contributed by atoms with van der Waals surface area (Å²) in [5.74, 6) is -0.0801. The lowest BCUT2D eigenvalue weighted by Crippen LogP contribution is -2.48. The number of hydrogen-bond acceptors (Lipinski definition) is 3. The first-order valence-electron chi connectivity index (χ1n) is 6.88. The monoisotopic (exact) mass is 251 g/mol. The first kappa shape index (κ1) is 13.1. The van der Waals surface area contributed by atoms with E-state index < -0.39 is 0 Å². The van der Waals surface area contributed by atoms with Crippen LogP contribution in [-0.4, -0.2) is 35.0 Å². The molecule has 0 radical (unpaired) electrons. The van der Waals surface area contributed by atoms with E-state index in [1.165, 1.54) is 6.42 Å². The van der Waals surface area contributed by atoms with Crippen molar-refractivity contribution in [1.29, 1.82) is 0 Å². The number of piperidine rings is 1. The van der Waals surface area contributed by atoms with E-state index in [2.05, 4.69) is 17.5 Å². The van der Waals surface area contributed by atoms with Crippen LogP contribution in [0.5, 0.6) is 0 Å². The Kier molecular flexibility index (Phi) is 4.33. The molecular formula is C13H21N3O2. The maximum Gasteiger partial charge on any atom is 0.270 e. The molecule has 2 heterocycles. The molecule has 0 bridgehead atoms. The largest absolute Gasteiger partial charge is 0.335 e. The second-order valence-electron chi connectivity index (χ2n) is 5.03. The van der Waals surface area contributed by atoms with Crippen LogP contribution < -0.4 is 5.43 Å². The molecule has 0 aromatic carbocycles. The van der Waals surface area contributed by atoms with Crippen LogP contribution in [0.25, 0.3) is 0 Å². The average molecular weight is 251 g/mol. The lowest BCUT2D eigenvalue weighted by atomic mass is 9.97. The van der Waals surface area contributed by atoms with Crippen molar-refractivity contribution in [2.45, 2.75) is 57.9 Å². The third-order valence-electron chi connectivity index (χ3n) is 3.66. The highest BCUT2D eigenvalue weighted by molar-refractivity contribution is 6.39. The van der Waals surface area contributed by atoms with E-state index in [1.807, 2.05) is 4.90 Å². The molecule has 0 aromatic rings. The number of carbonyl (C=O) groups is 2. The van der Waals surface area contributed by atoms with Gasteiger partial charge in [0.05, 0.1) is 0 Å². The third-order valence-corrected chi connectivity index (χ3v) is 3.66. The molecule has 1 N–H and O–H groups in total. The van der Waals surface area contributed by atoms with Crippen molar-refractivity contribution in [3.63, 3.8) is 0 Å². The Morgan fingerprint density at radius 1 is 1.44 bits per heavy atom. The molecule has 18 heavy (non-hydrogen) atoms. The minimum atomic E-state index is -0.102. The van der Waals surface area contributed by atoms with Gasteiger partial charge in [-0.1, -0.05) is 13.3 Å². The molecule has 2 rings (SSSR count). The molecule has 2 aliphatic rings. The summed E-state index contributed by atoms with van der Waals surface area (Å²) in [6.45, 7) is 2.98. The van der Waals surface area contributed by atoms with Crippen molar-refractivity contribution in [3.8, 4) is 0 Å². The molecular weight excluding hydrogens is 230 g/mol. The summed E-state index contributed by atoms with van der Waals surface area (Å²) in [5, 5.41) is 3.91. The van der Waals surface area contributed by atoms with E-state index in [0.717, 1.165) is 32.2 Å². The summed E-state index contributed by atoms with van der Waals surface area (Å²) < 4.78 is 0. The Hall–Kier alpha value is -1.39. The van der Waals surface area contributed by atoms with Gasteiger partial charge in [-0.25, -0.2) is 5.43 Å². The van der Waals surface area contributed by atoms with Crippen LogP contribution in [0.15, 0.2) is 5.10 Å². The molecule has 0 aromatic heterocycles. The van der Waals surface area contributed by atoms with Crippen molar-refractivity contribution in [2.75, 3.05) is 6.54 Å². The van der Waals surface area contributed by atoms with Crippen molar-refractivity contribution in [2.24, 2.45) is 5.10 Å². The van der Waals surface area contributed by atoms with Crippen molar-refractivity contribution in [1.82, 2.24) is 10.3 Å². The average Bonchev–Trinajstić information content (AvgIpc) is 2.40. The number of nitrogens with one attached hydrogen (secondary N) is 1. The summed E-state index contributed by atoms with van der Waals surface area (Å²) in [6.07, 6.45) is 6.38. The van der Waals surface area contributed by atoms with Crippen LogP contribution in [0.2, 0.25) is 0 Å². The number of amides is 2. The predicted molar refractivity (Wildman–Crippen MR) is 69.1 cm³/mol. The third kappa shape index (κ3) is 2.89.